The van der Waals surface area contributed by atoms with Gasteiger partial charge in [0.15, 0.2) is 6.29 Å². The van der Waals surface area contributed by atoms with Gasteiger partial charge in [0, 0.05) is 0 Å². The molecule has 6 heteroatoms. The lowest BCUT2D eigenvalue weighted by atomic mass is 10.0. The molecule has 5 N–H and O–H groups in total. The van der Waals surface area contributed by atoms with Gasteiger partial charge in [0.05, 0.1) is 6.61 Å². The molecule has 0 amide bonds. The van der Waals surface area contributed by atoms with Crippen LogP contribution >= 0.6 is 0 Å². The maximum Gasteiger partial charge on any atom is 0.151 e. The van der Waals surface area contributed by atoms with Gasteiger partial charge in [0.2, 0.25) is 0 Å². The molecule has 4 atom stereocenters. The molecule has 0 aliphatic carbocycles. The number of aliphatic hydroxyl groups excluding tert-OH is 5. The summed E-state index contributed by atoms with van der Waals surface area (Å²) in [5.41, 5.74) is 2.66. The quantitative estimate of drug-likeness (QED) is 0.440. The fourth-order valence-electron chi connectivity index (χ4n) is 1.26. The maximum atomic E-state index is 9.90. The SMILES string of the molecule is Cc1ccc(C)cc1.O=CC(O)C(O)C(O)C(O)CO. The van der Waals surface area contributed by atoms with E-state index in [0.29, 0.717) is 0 Å². The second-order valence-electron chi connectivity index (χ2n) is 4.51. The first-order valence-corrected chi connectivity index (χ1v) is 6.15. The van der Waals surface area contributed by atoms with Crippen LogP contribution in [0.1, 0.15) is 11.1 Å². The highest BCUT2D eigenvalue weighted by atomic mass is 16.4. The lowest BCUT2D eigenvalue weighted by molar-refractivity contribution is -0.136. The van der Waals surface area contributed by atoms with Gasteiger partial charge in [-0.2, -0.15) is 0 Å². The number of rotatable bonds is 5. The van der Waals surface area contributed by atoms with Crippen LogP contribution in [-0.2, 0) is 4.79 Å². The summed E-state index contributed by atoms with van der Waals surface area (Å²) in [6.07, 6.45) is -6.84. The van der Waals surface area contributed by atoms with Crippen molar-refractivity contribution in [2.75, 3.05) is 6.61 Å². The molecule has 1 rings (SSSR count). The molecule has 6 nitrogen and oxygen atoms in total. The number of carbonyl (C=O) groups excluding carboxylic acids is 1. The number of aldehydes is 1. The summed E-state index contributed by atoms with van der Waals surface area (Å²) in [4.78, 5) is 9.90. The molecule has 114 valence electrons. The van der Waals surface area contributed by atoms with Crippen LogP contribution < -0.4 is 0 Å². The maximum absolute atomic E-state index is 9.90. The Balaban J connectivity index is 0.000000388. The molecule has 20 heavy (non-hydrogen) atoms. The molecule has 0 aliphatic rings. The van der Waals surface area contributed by atoms with Crippen LogP contribution in [0, 0.1) is 13.8 Å². The number of benzene rings is 1. The normalized spacial score (nSPS) is 16.4. The fourth-order valence-corrected chi connectivity index (χ4v) is 1.26. The Morgan fingerprint density at radius 1 is 0.950 bits per heavy atom. The molecule has 0 saturated heterocycles. The summed E-state index contributed by atoms with van der Waals surface area (Å²) < 4.78 is 0. The predicted octanol–water partition coefficient (Wildman–Crippen LogP) is -1.08. The van der Waals surface area contributed by atoms with E-state index in [1.165, 1.54) is 11.1 Å². The third-order valence-electron chi connectivity index (χ3n) is 2.64. The number of hydrogen-bond acceptors (Lipinski definition) is 6. The summed E-state index contributed by atoms with van der Waals surface area (Å²) in [5, 5.41) is 43.5. The Morgan fingerprint density at radius 3 is 1.65 bits per heavy atom. The van der Waals surface area contributed by atoms with Crippen LogP contribution in [-0.4, -0.2) is 62.8 Å². The van der Waals surface area contributed by atoms with Crippen molar-refractivity contribution in [1.82, 2.24) is 0 Å². The van der Waals surface area contributed by atoms with Gasteiger partial charge in [-0.15, -0.1) is 0 Å². The second-order valence-corrected chi connectivity index (χ2v) is 4.51. The van der Waals surface area contributed by atoms with Gasteiger partial charge in [-0.05, 0) is 13.8 Å². The van der Waals surface area contributed by atoms with E-state index in [0.717, 1.165) is 0 Å². The molecule has 0 aromatic heterocycles. The van der Waals surface area contributed by atoms with E-state index in [-0.39, 0.29) is 6.29 Å². The van der Waals surface area contributed by atoms with Crippen LogP contribution in [0.2, 0.25) is 0 Å². The van der Waals surface area contributed by atoms with E-state index in [1.807, 2.05) is 0 Å². The first-order valence-electron chi connectivity index (χ1n) is 6.15. The second kappa shape index (κ2) is 9.57. The van der Waals surface area contributed by atoms with E-state index in [4.69, 9.17) is 25.5 Å². The predicted molar refractivity (Wildman–Crippen MR) is 73.1 cm³/mol. The molecule has 0 saturated carbocycles. The first kappa shape index (κ1) is 18.7. The van der Waals surface area contributed by atoms with Gasteiger partial charge < -0.3 is 30.3 Å². The monoisotopic (exact) mass is 286 g/mol. The van der Waals surface area contributed by atoms with Crippen LogP contribution in [0.15, 0.2) is 24.3 Å². The highest BCUT2D eigenvalue weighted by Crippen LogP contribution is 2.03. The number of aliphatic hydroxyl groups is 5. The van der Waals surface area contributed by atoms with Crippen molar-refractivity contribution in [3.63, 3.8) is 0 Å². The smallest absolute Gasteiger partial charge is 0.151 e. The topological polar surface area (TPSA) is 118 Å². The van der Waals surface area contributed by atoms with Crippen molar-refractivity contribution in [1.29, 1.82) is 0 Å². The third kappa shape index (κ3) is 6.74. The summed E-state index contributed by atoms with van der Waals surface area (Å²) in [6.45, 7) is 3.43. The van der Waals surface area contributed by atoms with Gasteiger partial charge >= 0.3 is 0 Å². The largest absolute Gasteiger partial charge is 0.394 e. The van der Waals surface area contributed by atoms with Crippen LogP contribution in [0.4, 0.5) is 0 Å². The molecular formula is C14H22O6. The Morgan fingerprint density at radius 2 is 1.35 bits per heavy atom. The lowest BCUT2D eigenvalue weighted by Gasteiger charge is -2.22. The Bertz CT molecular complexity index is 357. The zero-order chi connectivity index (χ0) is 15.7. The van der Waals surface area contributed by atoms with Gasteiger partial charge in [-0.1, -0.05) is 35.4 Å². The summed E-state index contributed by atoms with van der Waals surface area (Å²) in [7, 11) is 0. The van der Waals surface area contributed by atoms with E-state index in [2.05, 4.69) is 38.1 Å². The van der Waals surface area contributed by atoms with Crippen molar-refractivity contribution in [3.05, 3.63) is 35.4 Å². The van der Waals surface area contributed by atoms with Crippen LogP contribution in [0.5, 0.6) is 0 Å². The van der Waals surface area contributed by atoms with E-state index in [1.54, 1.807) is 0 Å². The van der Waals surface area contributed by atoms with E-state index in [9.17, 15) is 4.79 Å². The summed E-state index contributed by atoms with van der Waals surface area (Å²) in [5.74, 6) is 0. The lowest BCUT2D eigenvalue weighted by Crippen LogP contribution is -2.46. The highest BCUT2D eigenvalue weighted by molar-refractivity contribution is 5.56. The average molecular weight is 286 g/mol. The Kier molecular flexibility index (Phi) is 8.94. The van der Waals surface area contributed by atoms with E-state index < -0.39 is 31.0 Å². The third-order valence-corrected chi connectivity index (χ3v) is 2.64. The summed E-state index contributed by atoms with van der Waals surface area (Å²) >= 11 is 0. The van der Waals surface area contributed by atoms with Crippen molar-refractivity contribution in [2.24, 2.45) is 0 Å². The van der Waals surface area contributed by atoms with E-state index >= 15 is 0 Å². The first-order chi connectivity index (χ1) is 9.33. The molecule has 1 aromatic carbocycles. The highest BCUT2D eigenvalue weighted by Gasteiger charge is 2.29. The van der Waals surface area contributed by atoms with Crippen molar-refractivity contribution < 1.29 is 30.3 Å². The van der Waals surface area contributed by atoms with Gasteiger partial charge in [-0.3, -0.25) is 0 Å². The molecule has 0 fully saturated rings. The fraction of sp³-hybridized carbons (Fsp3) is 0.500. The zero-order valence-corrected chi connectivity index (χ0v) is 11.5. The minimum absolute atomic E-state index is 0.0258. The molecule has 0 heterocycles. The Labute approximate surface area is 117 Å². The standard InChI is InChI=1S/C8H10.C6H12O6/c1-7-3-5-8(2)6-4-7;7-1-3(9)5(11)6(12)4(10)2-8/h3-6H,1-2H3;1,3-6,8-12H,2H2. The van der Waals surface area contributed by atoms with Crippen molar-refractivity contribution >= 4 is 6.29 Å². The molecule has 4 unspecified atom stereocenters. The van der Waals surface area contributed by atoms with Gasteiger partial charge in [0.1, 0.15) is 24.4 Å². The summed E-state index contributed by atoms with van der Waals surface area (Å²) in [6, 6.07) is 8.48. The molecule has 0 radical (unpaired) electrons. The number of hydrogen-bond donors (Lipinski definition) is 5. The molecule has 0 aliphatic heterocycles. The van der Waals surface area contributed by atoms with Gasteiger partial charge in [-0.25, -0.2) is 0 Å². The van der Waals surface area contributed by atoms with Gasteiger partial charge in [0.25, 0.3) is 0 Å². The minimum Gasteiger partial charge on any atom is -0.394 e. The minimum atomic E-state index is -1.79. The average Bonchev–Trinajstić information content (AvgIpc) is 2.47. The molecule has 0 bridgehead atoms. The van der Waals surface area contributed by atoms with Crippen molar-refractivity contribution in [2.45, 2.75) is 38.3 Å². The Hall–Kier alpha value is -1.31. The zero-order valence-electron chi connectivity index (χ0n) is 11.5. The van der Waals surface area contributed by atoms with Crippen LogP contribution in [0.3, 0.4) is 0 Å². The number of aryl methyl sites for hydroxylation is 2. The molecule has 0 spiro atoms. The van der Waals surface area contributed by atoms with Crippen LogP contribution in [0.25, 0.3) is 0 Å². The van der Waals surface area contributed by atoms with Crippen molar-refractivity contribution in [3.8, 4) is 0 Å². The molecule has 1 aromatic rings. The molecular weight excluding hydrogens is 264 g/mol. The number of carbonyl (C=O) groups is 1.